The predicted octanol–water partition coefficient (Wildman–Crippen LogP) is 6.47. The van der Waals surface area contributed by atoms with E-state index in [4.69, 9.17) is 9.47 Å². The number of hydrogen-bond donors (Lipinski definition) is 1. The molecule has 3 aromatic rings. The van der Waals surface area contributed by atoms with Crippen LogP contribution in [0, 0.1) is 6.92 Å². The second kappa shape index (κ2) is 10.6. The molecule has 0 aliphatic carbocycles. The molecular formula is C23H25BrN2O3S. The molecule has 1 N–H and O–H groups in total. The molecule has 1 amide bonds. The van der Waals surface area contributed by atoms with Gasteiger partial charge in [-0.3, -0.25) is 4.79 Å². The summed E-state index contributed by atoms with van der Waals surface area (Å²) in [5, 5.41) is 5.40. The quantitative estimate of drug-likeness (QED) is 0.350. The van der Waals surface area contributed by atoms with Crippen molar-refractivity contribution in [1.29, 1.82) is 0 Å². The van der Waals surface area contributed by atoms with E-state index in [1.807, 2.05) is 68.6 Å². The number of rotatable bonds is 9. The molecule has 0 radical (unpaired) electrons. The number of carbonyl (C=O) groups is 1. The van der Waals surface area contributed by atoms with Crippen LogP contribution in [0.25, 0.3) is 11.3 Å². The van der Waals surface area contributed by atoms with Gasteiger partial charge in [0.1, 0.15) is 11.5 Å². The molecule has 1 heterocycles. The van der Waals surface area contributed by atoms with E-state index >= 15 is 0 Å². The zero-order valence-corrected chi connectivity index (χ0v) is 19.7. The van der Waals surface area contributed by atoms with Gasteiger partial charge in [-0.15, -0.1) is 11.3 Å². The van der Waals surface area contributed by atoms with Crippen LogP contribution < -0.4 is 14.8 Å². The van der Waals surface area contributed by atoms with Crippen molar-refractivity contribution in [3.05, 3.63) is 57.9 Å². The molecule has 0 spiro atoms. The lowest BCUT2D eigenvalue weighted by molar-refractivity contribution is -0.116. The number of carbonyl (C=O) groups excluding carboxylic acids is 1. The molecule has 5 nitrogen and oxygen atoms in total. The van der Waals surface area contributed by atoms with Crippen molar-refractivity contribution >= 4 is 38.3 Å². The van der Waals surface area contributed by atoms with Gasteiger partial charge in [-0.2, -0.15) is 0 Å². The van der Waals surface area contributed by atoms with Gasteiger partial charge in [-0.25, -0.2) is 4.98 Å². The van der Waals surface area contributed by atoms with Crippen LogP contribution in [-0.4, -0.2) is 23.6 Å². The van der Waals surface area contributed by atoms with Crippen LogP contribution in [-0.2, 0) is 4.79 Å². The second-order valence-electron chi connectivity index (χ2n) is 7.16. The van der Waals surface area contributed by atoms with Crippen molar-refractivity contribution in [3.63, 3.8) is 0 Å². The minimum Gasteiger partial charge on any atom is -0.492 e. The van der Waals surface area contributed by atoms with Crippen LogP contribution in [0.4, 0.5) is 5.13 Å². The zero-order valence-electron chi connectivity index (χ0n) is 17.3. The third-order valence-corrected chi connectivity index (χ3v) is 5.54. The third-order valence-electron chi connectivity index (χ3n) is 4.17. The molecule has 0 unspecified atom stereocenters. The minimum absolute atomic E-state index is 0.0665. The first-order chi connectivity index (χ1) is 14.4. The first kappa shape index (κ1) is 22.3. The summed E-state index contributed by atoms with van der Waals surface area (Å²) < 4.78 is 12.3. The lowest BCUT2D eigenvalue weighted by Crippen LogP contribution is -2.12. The van der Waals surface area contributed by atoms with Gasteiger partial charge in [-0.1, -0.05) is 6.07 Å². The van der Waals surface area contributed by atoms with Crippen molar-refractivity contribution in [3.8, 4) is 22.8 Å². The maximum atomic E-state index is 12.2. The number of benzene rings is 2. The summed E-state index contributed by atoms with van der Waals surface area (Å²) in [7, 11) is 0. The third kappa shape index (κ3) is 6.57. The van der Waals surface area contributed by atoms with E-state index in [9.17, 15) is 4.79 Å². The Morgan fingerprint density at radius 3 is 2.67 bits per heavy atom. The molecule has 1 aromatic heterocycles. The van der Waals surface area contributed by atoms with Crippen molar-refractivity contribution in [2.45, 2.75) is 39.7 Å². The van der Waals surface area contributed by atoms with Crippen molar-refractivity contribution in [2.75, 3.05) is 11.9 Å². The monoisotopic (exact) mass is 488 g/mol. The van der Waals surface area contributed by atoms with Gasteiger partial charge in [0.05, 0.1) is 22.9 Å². The van der Waals surface area contributed by atoms with Gasteiger partial charge in [-0.05, 0) is 85.1 Å². The molecule has 0 bridgehead atoms. The molecule has 158 valence electrons. The molecule has 2 aromatic carbocycles. The van der Waals surface area contributed by atoms with E-state index in [0.717, 1.165) is 32.8 Å². The van der Waals surface area contributed by atoms with Crippen LogP contribution in [0.2, 0.25) is 0 Å². The topological polar surface area (TPSA) is 60.5 Å². The number of halogens is 1. The van der Waals surface area contributed by atoms with E-state index in [1.165, 1.54) is 11.3 Å². The summed E-state index contributed by atoms with van der Waals surface area (Å²) in [6, 6.07) is 13.7. The summed E-state index contributed by atoms with van der Waals surface area (Å²) in [5.74, 6) is 1.55. The highest BCUT2D eigenvalue weighted by molar-refractivity contribution is 9.10. The molecule has 30 heavy (non-hydrogen) atoms. The summed E-state index contributed by atoms with van der Waals surface area (Å²) in [4.78, 5) is 16.7. The fourth-order valence-corrected chi connectivity index (χ4v) is 4.10. The lowest BCUT2D eigenvalue weighted by atomic mass is 10.2. The van der Waals surface area contributed by atoms with E-state index in [-0.39, 0.29) is 12.0 Å². The van der Waals surface area contributed by atoms with Gasteiger partial charge in [0.25, 0.3) is 0 Å². The van der Waals surface area contributed by atoms with Crippen molar-refractivity contribution < 1.29 is 14.3 Å². The molecule has 0 aliphatic rings. The predicted molar refractivity (Wildman–Crippen MR) is 126 cm³/mol. The van der Waals surface area contributed by atoms with Gasteiger partial charge < -0.3 is 14.8 Å². The van der Waals surface area contributed by atoms with Crippen molar-refractivity contribution in [2.24, 2.45) is 0 Å². The number of thiazole rings is 1. The Bertz CT molecular complexity index is 986. The molecular weight excluding hydrogens is 464 g/mol. The Morgan fingerprint density at radius 1 is 1.20 bits per heavy atom. The normalized spacial score (nSPS) is 10.8. The Labute approximate surface area is 189 Å². The van der Waals surface area contributed by atoms with Gasteiger partial charge in [0.2, 0.25) is 5.91 Å². The summed E-state index contributed by atoms with van der Waals surface area (Å²) >= 11 is 4.91. The van der Waals surface area contributed by atoms with E-state index in [2.05, 4.69) is 26.2 Å². The smallest absolute Gasteiger partial charge is 0.226 e. The molecule has 0 saturated heterocycles. The first-order valence-corrected chi connectivity index (χ1v) is 11.5. The number of aryl methyl sites for hydroxylation is 1. The minimum atomic E-state index is -0.0665. The van der Waals surface area contributed by atoms with E-state index in [0.29, 0.717) is 24.6 Å². The van der Waals surface area contributed by atoms with Gasteiger partial charge in [0, 0.05) is 17.4 Å². The second-order valence-corrected chi connectivity index (χ2v) is 8.88. The van der Waals surface area contributed by atoms with E-state index < -0.39 is 0 Å². The van der Waals surface area contributed by atoms with Crippen LogP contribution in [0.1, 0.15) is 32.3 Å². The Morgan fingerprint density at radius 2 is 1.97 bits per heavy atom. The van der Waals surface area contributed by atoms with Crippen LogP contribution >= 0.6 is 27.3 Å². The summed E-state index contributed by atoms with van der Waals surface area (Å²) in [5.41, 5.74) is 2.98. The standard InChI is InChI=1S/C23H25BrN2O3S/c1-15(2)29-18-9-7-17(8-10-18)20-14-30-23(25-20)26-22(27)5-4-12-28-21-11-6-16(3)13-19(21)24/h6-11,13-15H,4-5,12H2,1-3H3,(H,25,26,27). The fourth-order valence-electron chi connectivity index (χ4n) is 2.76. The first-order valence-electron chi connectivity index (χ1n) is 9.82. The molecule has 0 atom stereocenters. The maximum absolute atomic E-state index is 12.2. The average molecular weight is 489 g/mol. The number of amides is 1. The molecule has 3 rings (SSSR count). The molecule has 0 saturated carbocycles. The number of anilines is 1. The largest absolute Gasteiger partial charge is 0.492 e. The van der Waals surface area contributed by atoms with Crippen LogP contribution in [0.5, 0.6) is 11.5 Å². The zero-order chi connectivity index (χ0) is 21.5. The van der Waals surface area contributed by atoms with Gasteiger partial charge >= 0.3 is 0 Å². The SMILES string of the molecule is Cc1ccc(OCCCC(=O)Nc2nc(-c3ccc(OC(C)C)cc3)cs2)c(Br)c1. The number of hydrogen-bond acceptors (Lipinski definition) is 5. The Hall–Kier alpha value is -2.38. The summed E-state index contributed by atoms with van der Waals surface area (Å²) in [6.45, 7) is 6.50. The highest BCUT2D eigenvalue weighted by Crippen LogP contribution is 2.27. The Balaban J connectivity index is 1.45. The average Bonchev–Trinajstić information content (AvgIpc) is 3.15. The number of nitrogens with zero attached hydrogens (tertiary/aromatic N) is 1. The molecule has 0 aliphatic heterocycles. The fraction of sp³-hybridized carbons (Fsp3) is 0.304. The molecule has 7 heteroatoms. The molecule has 0 fully saturated rings. The lowest BCUT2D eigenvalue weighted by Gasteiger charge is -2.09. The highest BCUT2D eigenvalue weighted by Gasteiger charge is 2.09. The van der Waals surface area contributed by atoms with Crippen molar-refractivity contribution in [1.82, 2.24) is 4.98 Å². The maximum Gasteiger partial charge on any atom is 0.226 e. The van der Waals surface area contributed by atoms with Crippen LogP contribution in [0.3, 0.4) is 0 Å². The number of aromatic nitrogens is 1. The van der Waals surface area contributed by atoms with Crippen LogP contribution in [0.15, 0.2) is 52.3 Å². The van der Waals surface area contributed by atoms with Gasteiger partial charge in [0.15, 0.2) is 5.13 Å². The highest BCUT2D eigenvalue weighted by atomic mass is 79.9. The summed E-state index contributed by atoms with van der Waals surface area (Å²) in [6.07, 6.45) is 1.14. The Kier molecular flexibility index (Phi) is 7.87. The number of nitrogens with one attached hydrogen (secondary N) is 1. The number of ether oxygens (including phenoxy) is 2. The van der Waals surface area contributed by atoms with E-state index in [1.54, 1.807) is 0 Å².